The van der Waals surface area contributed by atoms with Crippen molar-refractivity contribution in [1.29, 1.82) is 0 Å². The van der Waals surface area contributed by atoms with Gasteiger partial charge in [-0.2, -0.15) is 11.8 Å². The van der Waals surface area contributed by atoms with E-state index in [4.69, 9.17) is 4.52 Å². The van der Waals surface area contributed by atoms with Gasteiger partial charge in [-0.1, -0.05) is 12.1 Å². The number of thioether (sulfide) groups is 1. The van der Waals surface area contributed by atoms with E-state index in [0.717, 1.165) is 17.9 Å². The lowest BCUT2D eigenvalue weighted by Crippen LogP contribution is -2.36. The Morgan fingerprint density at radius 3 is 2.67 bits per heavy atom. The first-order chi connectivity index (χ1) is 8.49. The Morgan fingerprint density at radius 2 is 2.17 bits per heavy atom. The maximum atomic E-state index is 12.3. The molecule has 1 aromatic heterocycles. The van der Waals surface area contributed by atoms with Crippen LogP contribution in [0.2, 0.25) is 0 Å². The van der Waals surface area contributed by atoms with Gasteiger partial charge in [-0.05, 0) is 38.7 Å². The largest absolute Gasteiger partial charge is 0.361 e. The first kappa shape index (κ1) is 15.1. The quantitative estimate of drug-likeness (QED) is 0.746. The molecule has 0 aliphatic rings. The molecule has 102 valence electrons. The summed E-state index contributed by atoms with van der Waals surface area (Å²) in [7, 11) is 1.84. The molecule has 1 atom stereocenters. The average molecular weight is 270 g/mol. The van der Waals surface area contributed by atoms with E-state index in [1.165, 1.54) is 0 Å². The molecule has 0 fully saturated rings. The third-order valence-electron chi connectivity index (χ3n) is 3.11. The van der Waals surface area contributed by atoms with Gasteiger partial charge in [0.15, 0.2) is 0 Å². The standard InChI is InChI=1S/C13H22N2O2S/c1-6-18-8-7-9(2)15(5)13(16)12-10(3)14-17-11(12)4/h9H,6-8H2,1-5H3. The van der Waals surface area contributed by atoms with Gasteiger partial charge in [-0.25, -0.2) is 0 Å². The Labute approximate surface area is 113 Å². The molecular formula is C13H22N2O2S. The van der Waals surface area contributed by atoms with Crippen LogP contribution in [-0.2, 0) is 0 Å². The highest BCUT2D eigenvalue weighted by atomic mass is 32.2. The van der Waals surface area contributed by atoms with Gasteiger partial charge in [-0.15, -0.1) is 0 Å². The predicted molar refractivity (Wildman–Crippen MR) is 75.1 cm³/mol. The van der Waals surface area contributed by atoms with Crippen LogP contribution < -0.4 is 0 Å². The average Bonchev–Trinajstić information content (AvgIpc) is 2.67. The first-order valence-corrected chi connectivity index (χ1v) is 7.42. The van der Waals surface area contributed by atoms with Gasteiger partial charge in [0.05, 0.1) is 5.69 Å². The van der Waals surface area contributed by atoms with E-state index >= 15 is 0 Å². The molecule has 1 rings (SSSR count). The zero-order valence-electron chi connectivity index (χ0n) is 11.8. The van der Waals surface area contributed by atoms with Crippen LogP contribution in [0.15, 0.2) is 4.52 Å². The molecule has 1 amide bonds. The van der Waals surface area contributed by atoms with Crippen molar-refractivity contribution in [3.05, 3.63) is 17.0 Å². The van der Waals surface area contributed by atoms with Crippen molar-refractivity contribution in [3.63, 3.8) is 0 Å². The van der Waals surface area contributed by atoms with Gasteiger partial charge in [-0.3, -0.25) is 4.79 Å². The maximum Gasteiger partial charge on any atom is 0.259 e. The van der Waals surface area contributed by atoms with Crippen molar-refractivity contribution < 1.29 is 9.32 Å². The van der Waals surface area contributed by atoms with E-state index in [2.05, 4.69) is 19.0 Å². The summed E-state index contributed by atoms with van der Waals surface area (Å²) in [6, 6.07) is 0.227. The molecule has 0 saturated heterocycles. The number of hydrogen-bond donors (Lipinski definition) is 0. The topological polar surface area (TPSA) is 46.3 Å². The predicted octanol–water partition coefficient (Wildman–Crippen LogP) is 2.90. The van der Waals surface area contributed by atoms with Gasteiger partial charge in [0, 0.05) is 13.1 Å². The van der Waals surface area contributed by atoms with Gasteiger partial charge >= 0.3 is 0 Å². The van der Waals surface area contributed by atoms with Crippen molar-refractivity contribution >= 4 is 17.7 Å². The fourth-order valence-corrected chi connectivity index (χ4v) is 2.55. The number of nitrogens with zero attached hydrogens (tertiary/aromatic N) is 2. The summed E-state index contributed by atoms with van der Waals surface area (Å²) < 4.78 is 5.04. The van der Waals surface area contributed by atoms with Crippen molar-refractivity contribution in [2.75, 3.05) is 18.6 Å². The number of hydrogen-bond acceptors (Lipinski definition) is 4. The summed E-state index contributed by atoms with van der Waals surface area (Å²) in [5.74, 6) is 2.80. The summed E-state index contributed by atoms with van der Waals surface area (Å²) in [4.78, 5) is 14.1. The van der Waals surface area contributed by atoms with Crippen LogP contribution in [-0.4, -0.2) is 40.6 Å². The highest BCUT2D eigenvalue weighted by Crippen LogP contribution is 2.17. The molecule has 5 heteroatoms. The Morgan fingerprint density at radius 1 is 1.50 bits per heavy atom. The lowest BCUT2D eigenvalue weighted by Gasteiger charge is -2.24. The lowest BCUT2D eigenvalue weighted by molar-refractivity contribution is 0.0739. The van der Waals surface area contributed by atoms with E-state index in [1.807, 2.05) is 18.8 Å². The van der Waals surface area contributed by atoms with Gasteiger partial charge in [0.1, 0.15) is 11.3 Å². The molecule has 0 radical (unpaired) electrons. The van der Waals surface area contributed by atoms with Crippen molar-refractivity contribution in [2.45, 2.75) is 40.2 Å². The molecule has 1 unspecified atom stereocenters. The number of rotatable bonds is 6. The van der Waals surface area contributed by atoms with E-state index in [9.17, 15) is 4.79 Å². The molecule has 18 heavy (non-hydrogen) atoms. The monoisotopic (exact) mass is 270 g/mol. The SMILES string of the molecule is CCSCCC(C)N(C)C(=O)c1c(C)noc1C. The normalized spacial score (nSPS) is 12.5. The second kappa shape index (κ2) is 6.83. The number of carbonyl (C=O) groups excluding carboxylic acids is 1. The third kappa shape index (κ3) is 3.51. The zero-order valence-corrected chi connectivity index (χ0v) is 12.6. The summed E-state index contributed by atoms with van der Waals surface area (Å²) in [6.07, 6.45) is 1.00. The minimum Gasteiger partial charge on any atom is -0.361 e. The highest BCUT2D eigenvalue weighted by Gasteiger charge is 2.23. The van der Waals surface area contributed by atoms with Gasteiger partial charge < -0.3 is 9.42 Å². The molecule has 0 aromatic carbocycles. The van der Waals surface area contributed by atoms with Crippen LogP contribution in [0, 0.1) is 13.8 Å². The van der Waals surface area contributed by atoms with Crippen LogP contribution >= 0.6 is 11.8 Å². The van der Waals surface area contributed by atoms with Crippen molar-refractivity contribution in [3.8, 4) is 0 Å². The lowest BCUT2D eigenvalue weighted by atomic mass is 10.1. The fraction of sp³-hybridized carbons (Fsp3) is 0.692. The minimum absolute atomic E-state index is 0.000230. The van der Waals surface area contributed by atoms with E-state index in [-0.39, 0.29) is 11.9 Å². The van der Waals surface area contributed by atoms with E-state index in [0.29, 0.717) is 17.0 Å². The van der Waals surface area contributed by atoms with Crippen LogP contribution in [0.1, 0.15) is 42.1 Å². The molecule has 0 N–H and O–H groups in total. The van der Waals surface area contributed by atoms with E-state index in [1.54, 1.807) is 18.7 Å². The van der Waals surface area contributed by atoms with Gasteiger partial charge in [0.25, 0.3) is 5.91 Å². The Hall–Kier alpha value is -0.970. The first-order valence-electron chi connectivity index (χ1n) is 6.26. The van der Waals surface area contributed by atoms with Crippen molar-refractivity contribution in [1.82, 2.24) is 10.1 Å². The molecule has 0 spiro atoms. The molecule has 1 aromatic rings. The van der Waals surface area contributed by atoms with Crippen LogP contribution in [0.5, 0.6) is 0 Å². The Bertz CT molecular complexity index is 384. The summed E-state index contributed by atoms with van der Waals surface area (Å²) in [5, 5.41) is 3.83. The maximum absolute atomic E-state index is 12.3. The molecular weight excluding hydrogens is 248 g/mol. The molecule has 0 saturated carbocycles. The number of carbonyl (C=O) groups is 1. The second-order valence-electron chi connectivity index (χ2n) is 4.45. The number of amides is 1. The minimum atomic E-state index is 0.000230. The molecule has 0 aliphatic carbocycles. The van der Waals surface area contributed by atoms with Crippen LogP contribution in [0.4, 0.5) is 0 Å². The highest BCUT2D eigenvalue weighted by molar-refractivity contribution is 7.99. The third-order valence-corrected chi connectivity index (χ3v) is 4.05. The molecule has 1 heterocycles. The summed E-state index contributed by atoms with van der Waals surface area (Å²) >= 11 is 1.90. The molecule has 0 bridgehead atoms. The summed E-state index contributed by atoms with van der Waals surface area (Å²) in [6.45, 7) is 7.80. The van der Waals surface area contributed by atoms with Crippen molar-refractivity contribution in [2.24, 2.45) is 0 Å². The second-order valence-corrected chi connectivity index (χ2v) is 5.84. The zero-order chi connectivity index (χ0) is 13.7. The number of aromatic nitrogens is 1. The Kier molecular flexibility index (Phi) is 5.72. The van der Waals surface area contributed by atoms with Gasteiger partial charge in [0.2, 0.25) is 0 Å². The van der Waals surface area contributed by atoms with Crippen LogP contribution in [0.25, 0.3) is 0 Å². The van der Waals surface area contributed by atoms with E-state index < -0.39 is 0 Å². The fourth-order valence-electron chi connectivity index (χ4n) is 1.76. The number of aryl methyl sites for hydroxylation is 2. The smallest absolute Gasteiger partial charge is 0.259 e. The Balaban J connectivity index is 2.66. The summed E-state index contributed by atoms with van der Waals surface area (Å²) in [5.41, 5.74) is 1.27. The molecule has 4 nitrogen and oxygen atoms in total. The van der Waals surface area contributed by atoms with Crippen LogP contribution in [0.3, 0.4) is 0 Å². The molecule has 0 aliphatic heterocycles.